The first kappa shape index (κ1) is 16.8. The van der Waals surface area contributed by atoms with Crippen LogP contribution in [0, 0.1) is 5.41 Å². The highest BCUT2D eigenvalue weighted by Crippen LogP contribution is 2.30. The van der Waals surface area contributed by atoms with Gasteiger partial charge in [0.1, 0.15) is 0 Å². The highest BCUT2D eigenvalue weighted by atomic mass is 16.5. The molecule has 20 heavy (non-hydrogen) atoms. The van der Waals surface area contributed by atoms with E-state index < -0.39 is 0 Å². The lowest BCUT2D eigenvalue weighted by Gasteiger charge is -2.26. The van der Waals surface area contributed by atoms with E-state index in [9.17, 15) is 10.2 Å². The number of aromatic hydroxyl groups is 1. The van der Waals surface area contributed by atoms with Gasteiger partial charge in [-0.2, -0.15) is 0 Å². The number of aliphatic hydroxyl groups is 1. The summed E-state index contributed by atoms with van der Waals surface area (Å²) in [6.07, 6.45) is 0.437. The number of aliphatic hydroxyl groups excluding tert-OH is 1. The fourth-order valence-corrected chi connectivity index (χ4v) is 2.39. The molecular weight excluding hydrogens is 254 g/mol. The molecule has 0 spiro atoms. The van der Waals surface area contributed by atoms with Crippen LogP contribution in [0.3, 0.4) is 0 Å². The van der Waals surface area contributed by atoms with E-state index in [-0.39, 0.29) is 17.3 Å². The van der Waals surface area contributed by atoms with Crippen LogP contribution in [0.25, 0.3) is 0 Å². The lowest BCUT2D eigenvalue weighted by Crippen LogP contribution is -2.31. The molecule has 3 N–H and O–H groups in total. The van der Waals surface area contributed by atoms with Crippen LogP contribution in [-0.4, -0.2) is 29.5 Å². The van der Waals surface area contributed by atoms with E-state index >= 15 is 0 Å². The van der Waals surface area contributed by atoms with E-state index in [4.69, 9.17) is 4.74 Å². The summed E-state index contributed by atoms with van der Waals surface area (Å²) in [4.78, 5) is 0. The average molecular weight is 281 g/mol. The summed E-state index contributed by atoms with van der Waals surface area (Å²) in [5.74, 6) is 0.727. The van der Waals surface area contributed by atoms with Gasteiger partial charge in [0.05, 0.1) is 12.7 Å². The van der Waals surface area contributed by atoms with Gasteiger partial charge in [-0.05, 0) is 31.7 Å². The summed E-state index contributed by atoms with van der Waals surface area (Å²) >= 11 is 0. The van der Waals surface area contributed by atoms with Crippen LogP contribution >= 0.6 is 0 Å². The molecule has 1 rings (SSSR count). The molecular formula is C16H27NO3. The van der Waals surface area contributed by atoms with E-state index in [1.54, 1.807) is 13.0 Å². The van der Waals surface area contributed by atoms with Gasteiger partial charge in [-0.3, -0.25) is 0 Å². The third kappa shape index (κ3) is 5.39. The third-order valence-corrected chi connectivity index (χ3v) is 3.15. The Balaban J connectivity index is 2.56. The SMILES string of the molecule is CCOc1cccc(CNCC(C)(C)CC(C)O)c1O. The molecule has 0 saturated carbocycles. The predicted octanol–water partition coefficient (Wildman–Crippen LogP) is 2.68. The fourth-order valence-electron chi connectivity index (χ4n) is 2.39. The Morgan fingerprint density at radius 1 is 1.35 bits per heavy atom. The molecule has 4 heteroatoms. The van der Waals surface area contributed by atoms with E-state index in [0.717, 1.165) is 18.5 Å². The van der Waals surface area contributed by atoms with Crippen molar-refractivity contribution in [3.63, 3.8) is 0 Å². The quantitative estimate of drug-likeness (QED) is 0.685. The monoisotopic (exact) mass is 281 g/mol. The first-order valence-electron chi connectivity index (χ1n) is 7.18. The van der Waals surface area contributed by atoms with Crippen molar-refractivity contribution in [2.24, 2.45) is 5.41 Å². The summed E-state index contributed by atoms with van der Waals surface area (Å²) in [6, 6.07) is 5.52. The maximum Gasteiger partial charge on any atom is 0.162 e. The maximum absolute atomic E-state index is 10.1. The van der Waals surface area contributed by atoms with Crippen LogP contribution in [0.2, 0.25) is 0 Å². The molecule has 0 aliphatic heterocycles. The second kappa shape index (κ2) is 7.50. The van der Waals surface area contributed by atoms with Gasteiger partial charge in [-0.1, -0.05) is 26.0 Å². The Bertz CT molecular complexity index is 416. The zero-order chi connectivity index (χ0) is 15.2. The largest absolute Gasteiger partial charge is 0.504 e. The molecule has 0 aromatic heterocycles. The third-order valence-electron chi connectivity index (χ3n) is 3.15. The van der Waals surface area contributed by atoms with Crippen molar-refractivity contribution in [3.05, 3.63) is 23.8 Å². The number of ether oxygens (including phenoxy) is 1. The minimum atomic E-state index is -0.304. The number of hydrogen-bond acceptors (Lipinski definition) is 4. The van der Waals surface area contributed by atoms with Crippen LogP contribution in [0.15, 0.2) is 18.2 Å². The summed E-state index contributed by atoms with van der Waals surface area (Å²) in [5, 5.41) is 22.9. The van der Waals surface area contributed by atoms with Crippen LogP contribution in [-0.2, 0) is 6.54 Å². The lowest BCUT2D eigenvalue weighted by atomic mass is 9.87. The molecule has 1 aromatic carbocycles. The smallest absolute Gasteiger partial charge is 0.162 e. The maximum atomic E-state index is 10.1. The van der Waals surface area contributed by atoms with E-state index in [2.05, 4.69) is 19.2 Å². The summed E-state index contributed by atoms with van der Waals surface area (Å²) < 4.78 is 5.37. The Hall–Kier alpha value is -1.26. The molecule has 1 aromatic rings. The van der Waals surface area contributed by atoms with Crippen LogP contribution < -0.4 is 10.1 Å². The number of nitrogens with one attached hydrogen (secondary N) is 1. The Kier molecular flexibility index (Phi) is 6.30. The predicted molar refractivity (Wildman–Crippen MR) is 81.1 cm³/mol. The van der Waals surface area contributed by atoms with Crippen LogP contribution in [0.5, 0.6) is 11.5 Å². The molecule has 114 valence electrons. The Morgan fingerprint density at radius 3 is 2.65 bits per heavy atom. The highest BCUT2D eigenvalue weighted by molar-refractivity contribution is 5.45. The van der Waals surface area contributed by atoms with Crippen LogP contribution in [0.4, 0.5) is 0 Å². The first-order chi connectivity index (χ1) is 9.35. The van der Waals surface area contributed by atoms with Crippen molar-refractivity contribution in [2.45, 2.75) is 46.8 Å². The summed E-state index contributed by atoms with van der Waals surface area (Å²) in [7, 11) is 0. The number of phenols is 1. The minimum Gasteiger partial charge on any atom is -0.504 e. The number of benzene rings is 1. The molecule has 0 amide bonds. The van der Waals surface area contributed by atoms with Gasteiger partial charge in [0.25, 0.3) is 0 Å². The molecule has 0 saturated heterocycles. The number of para-hydroxylation sites is 1. The van der Waals surface area contributed by atoms with Gasteiger partial charge in [-0.15, -0.1) is 0 Å². The molecule has 0 heterocycles. The fraction of sp³-hybridized carbons (Fsp3) is 0.625. The number of rotatable bonds is 8. The Morgan fingerprint density at radius 2 is 2.05 bits per heavy atom. The van der Waals surface area contributed by atoms with E-state index in [1.165, 1.54) is 0 Å². The number of phenolic OH excluding ortho intramolecular Hbond substituents is 1. The normalized spacial score (nSPS) is 13.2. The summed E-state index contributed by atoms with van der Waals surface area (Å²) in [6.45, 7) is 9.81. The van der Waals surface area contributed by atoms with Gasteiger partial charge >= 0.3 is 0 Å². The van der Waals surface area contributed by atoms with Gasteiger partial charge in [0.2, 0.25) is 0 Å². The second-order valence-corrected chi connectivity index (χ2v) is 6.02. The zero-order valence-corrected chi connectivity index (χ0v) is 12.9. The molecule has 0 aliphatic carbocycles. The van der Waals surface area contributed by atoms with Crippen molar-refractivity contribution in [1.82, 2.24) is 5.32 Å². The zero-order valence-electron chi connectivity index (χ0n) is 12.9. The van der Waals surface area contributed by atoms with Gasteiger partial charge in [0, 0.05) is 18.7 Å². The molecule has 0 fully saturated rings. The molecule has 0 aliphatic rings. The molecule has 0 bridgehead atoms. The van der Waals surface area contributed by atoms with Crippen LogP contribution in [0.1, 0.15) is 39.7 Å². The van der Waals surface area contributed by atoms with Crippen molar-refractivity contribution in [3.8, 4) is 11.5 Å². The van der Waals surface area contributed by atoms with E-state index in [0.29, 0.717) is 18.9 Å². The molecule has 4 nitrogen and oxygen atoms in total. The van der Waals surface area contributed by atoms with Crippen molar-refractivity contribution in [1.29, 1.82) is 0 Å². The summed E-state index contributed by atoms with van der Waals surface area (Å²) in [5.41, 5.74) is 0.838. The van der Waals surface area contributed by atoms with Crippen molar-refractivity contribution < 1.29 is 14.9 Å². The Labute approximate surface area is 121 Å². The molecule has 1 unspecified atom stereocenters. The topological polar surface area (TPSA) is 61.7 Å². The van der Waals surface area contributed by atoms with Gasteiger partial charge in [-0.25, -0.2) is 0 Å². The standard InChI is InChI=1S/C16H27NO3/c1-5-20-14-8-6-7-13(15(14)19)10-17-11-16(3,4)9-12(2)18/h6-8,12,17-19H,5,9-11H2,1-4H3. The van der Waals surface area contributed by atoms with Gasteiger partial charge in [0.15, 0.2) is 11.5 Å². The van der Waals surface area contributed by atoms with Gasteiger partial charge < -0.3 is 20.3 Å². The average Bonchev–Trinajstić information content (AvgIpc) is 2.32. The number of hydrogen-bond donors (Lipinski definition) is 3. The molecule has 1 atom stereocenters. The van der Waals surface area contributed by atoms with Crippen molar-refractivity contribution >= 4 is 0 Å². The second-order valence-electron chi connectivity index (χ2n) is 6.02. The minimum absolute atomic E-state index is 0.0152. The first-order valence-corrected chi connectivity index (χ1v) is 7.18. The lowest BCUT2D eigenvalue weighted by molar-refractivity contribution is 0.128. The highest BCUT2D eigenvalue weighted by Gasteiger charge is 2.20. The molecule has 0 radical (unpaired) electrons. The van der Waals surface area contributed by atoms with E-state index in [1.807, 2.05) is 19.1 Å². The van der Waals surface area contributed by atoms with Crippen molar-refractivity contribution in [2.75, 3.05) is 13.2 Å².